The van der Waals surface area contributed by atoms with E-state index >= 15 is 0 Å². The number of benzene rings is 1. The van der Waals surface area contributed by atoms with Gasteiger partial charge in [0.1, 0.15) is 17.2 Å². The van der Waals surface area contributed by atoms with Crippen molar-refractivity contribution in [2.75, 3.05) is 18.2 Å². The molecular weight excluding hydrogens is 317 g/mol. The highest BCUT2D eigenvalue weighted by molar-refractivity contribution is 7.99. The number of amides is 1. The Morgan fingerprint density at radius 2 is 2.24 bits per heavy atom. The Hall–Kier alpha value is -1.27. The van der Waals surface area contributed by atoms with Crippen molar-refractivity contribution >= 4 is 35.2 Å². The van der Waals surface area contributed by atoms with Gasteiger partial charge in [-0.3, -0.25) is 4.79 Å². The van der Waals surface area contributed by atoms with Crippen LogP contribution in [0.25, 0.3) is 0 Å². The summed E-state index contributed by atoms with van der Waals surface area (Å²) in [5.41, 5.74) is 0.115. The number of hydrogen-bond acceptors (Lipinski definition) is 4. The van der Waals surface area contributed by atoms with Gasteiger partial charge in [-0.2, -0.15) is 0 Å². The van der Waals surface area contributed by atoms with Crippen LogP contribution in [0.5, 0.6) is 0 Å². The van der Waals surface area contributed by atoms with E-state index in [4.69, 9.17) is 16.3 Å². The first-order valence-corrected chi connectivity index (χ1v) is 8.08. The van der Waals surface area contributed by atoms with E-state index in [1.54, 1.807) is 13.0 Å². The average Bonchev–Trinajstić information content (AvgIpc) is 2.96. The predicted molar refractivity (Wildman–Crippen MR) is 79.6 cm³/mol. The van der Waals surface area contributed by atoms with E-state index in [1.807, 2.05) is 0 Å². The molecule has 0 bridgehead atoms. The number of carbonyl (C=O) groups is 2. The Morgan fingerprint density at radius 3 is 2.90 bits per heavy atom. The van der Waals surface area contributed by atoms with Crippen molar-refractivity contribution in [2.45, 2.75) is 18.3 Å². The lowest BCUT2D eigenvalue weighted by Crippen LogP contribution is -2.44. The fraction of sp³-hybridized carbons (Fsp3) is 0.429. The lowest BCUT2D eigenvalue weighted by Gasteiger charge is -2.24. The standard InChI is InChI=1S/C14H15ClFNO3S/c1-2-20-14(19)11-7-21-8-17(11)13(18)12(15)9-5-3-4-6-10(9)16/h3-6,11-12H,2,7-8H2,1H3. The summed E-state index contributed by atoms with van der Waals surface area (Å²) in [4.78, 5) is 25.6. The number of nitrogens with zero attached hydrogens (tertiary/aromatic N) is 1. The van der Waals surface area contributed by atoms with Gasteiger partial charge < -0.3 is 9.64 Å². The number of esters is 1. The molecule has 114 valence electrons. The summed E-state index contributed by atoms with van der Waals surface area (Å²) < 4.78 is 18.7. The molecule has 0 N–H and O–H groups in total. The summed E-state index contributed by atoms with van der Waals surface area (Å²) in [6.45, 7) is 1.95. The minimum Gasteiger partial charge on any atom is -0.464 e. The maximum absolute atomic E-state index is 13.7. The van der Waals surface area contributed by atoms with Gasteiger partial charge in [0.2, 0.25) is 5.91 Å². The van der Waals surface area contributed by atoms with Crippen LogP contribution >= 0.6 is 23.4 Å². The number of hydrogen-bond donors (Lipinski definition) is 0. The highest BCUT2D eigenvalue weighted by Crippen LogP contribution is 2.30. The van der Waals surface area contributed by atoms with Crippen molar-refractivity contribution in [1.82, 2.24) is 4.90 Å². The molecule has 21 heavy (non-hydrogen) atoms. The van der Waals surface area contributed by atoms with E-state index < -0.39 is 29.1 Å². The number of halogens is 2. The molecule has 0 aromatic heterocycles. The Kier molecular flexibility index (Phi) is 5.47. The van der Waals surface area contributed by atoms with E-state index in [-0.39, 0.29) is 12.2 Å². The number of ether oxygens (including phenoxy) is 1. The SMILES string of the molecule is CCOC(=O)C1CSCN1C(=O)C(Cl)c1ccccc1F. The molecule has 0 saturated carbocycles. The third-order valence-electron chi connectivity index (χ3n) is 3.12. The summed E-state index contributed by atoms with van der Waals surface area (Å²) in [5, 5.41) is -1.15. The normalized spacial score (nSPS) is 19.4. The smallest absolute Gasteiger partial charge is 0.329 e. The summed E-state index contributed by atoms with van der Waals surface area (Å²) in [5.74, 6) is -0.658. The maximum atomic E-state index is 13.7. The zero-order valence-corrected chi connectivity index (χ0v) is 13.0. The quantitative estimate of drug-likeness (QED) is 0.628. The van der Waals surface area contributed by atoms with Gasteiger partial charge in [-0.25, -0.2) is 9.18 Å². The third kappa shape index (κ3) is 3.49. The van der Waals surface area contributed by atoms with Gasteiger partial charge in [0.25, 0.3) is 0 Å². The predicted octanol–water partition coefficient (Wildman–Crippen LogP) is 2.57. The first kappa shape index (κ1) is 16.1. The minimum absolute atomic E-state index is 0.115. The van der Waals surface area contributed by atoms with E-state index in [9.17, 15) is 14.0 Å². The van der Waals surface area contributed by atoms with Crippen LogP contribution in [0.1, 0.15) is 17.9 Å². The Bertz CT molecular complexity index is 543. The molecule has 1 aromatic rings. The summed E-state index contributed by atoms with van der Waals surface area (Å²) >= 11 is 7.54. The molecule has 1 aliphatic rings. The van der Waals surface area contributed by atoms with Crippen LogP contribution < -0.4 is 0 Å². The molecule has 1 saturated heterocycles. The highest BCUT2D eigenvalue weighted by atomic mass is 35.5. The molecule has 2 rings (SSSR count). The van der Waals surface area contributed by atoms with Gasteiger partial charge in [-0.15, -0.1) is 23.4 Å². The number of carbonyl (C=O) groups excluding carboxylic acids is 2. The van der Waals surface area contributed by atoms with Crippen LogP contribution in [0.3, 0.4) is 0 Å². The topological polar surface area (TPSA) is 46.6 Å². The molecule has 0 aliphatic carbocycles. The first-order chi connectivity index (χ1) is 10.1. The van der Waals surface area contributed by atoms with Crippen molar-refractivity contribution in [3.63, 3.8) is 0 Å². The van der Waals surface area contributed by atoms with Gasteiger partial charge in [-0.05, 0) is 13.0 Å². The average molecular weight is 332 g/mol. The fourth-order valence-electron chi connectivity index (χ4n) is 2.05. The van der Waals surface area contributed by atoms with Crippen LogP contribution in [-0.2, 0) is 14.3 Å². The van der Waals surface area contributed by atoms with Crippen molar-refractivity contribution in [3.05, 3.63) is 35.6 Å². The van der Waals surface area contributed by atoms with Gasteiger partial charge in [0, 0.05) is 11.3 Å². The lowest BCUT2D eigenvalue weighted by atomic mass is 10.1. The first-order valence-electron chi connectivity index (χ1n) is 6.49. The molecule has 2 unspecified atom stereocenters. The molecule has 0 spiro atoms. The van der Waals surface area contributed by atoms with Gasteiger partial charge in [-0.1, -0.05) is 18.2 Å². The van der Waals surface area contributed by atoms with Gasteiger partial charge in [0.05, 0.1) is 12.5 Å². The van der Waals surface area contributed by atoms with E-state index in [2.05, 4.69) is 0 Å². The molecule has 1 heterocycles. The van der Waals surface area contributed by atoms with Gasteiger partial charge in [0.15, 0.2) is 0 Å². The number of thioether (sulfide) groups is 1. The second-order valence-corrected chi connectivity index (χ2v) is 5.90. The number of alkyl halides is 1. The van der Waals surface area contributed by atoms with Crippen LogP contribution in [0, 0.1) is 5.82 Å². The zero-order chi connectivity index (χ0) is 15.4. The molecule has 1 amide bonds. The molecular formula is C14H15ClFNO3S. The largest absolute Gasteiger partial charge is 0.464 e. The molecule has 2 atom stereocenters. The van der Waals surface area contributed by atoms with Gasteiger partial charge >= 0.3 is 5.97 Å². The summed E-state index contributed by atoms with van der Waals surface area (Å²) in [6.07, 6.45) is 0. The second-order valence-electron chi connectivity index (χ2n) is 4.46. The van der Waals surface area contributed by atoms with Crippen molar-refractivity contribution in [2.24, 2.45) is 0 Å². The van der Waals surface area contributed by atoms with Crippen LogP contribution in [0.4, 0.5) is 4.39 Å². The summed E-state index contributed by atoms with van der Waals surface area (Å²) in [7, 11) is 0. The van der Waals surface area contributed by atoms with Crippen molar-refractivity contribution in [1.29, 1.82) is 0 Å². The van der Waals surface area contributed by atoms with E-state index in [0.717, 1.165) is 0 Å². The molecule has 7 heteroatoms. The molecule has 1 aromatic carbocycles. The van der Waals surface area contributed by atoms with Crippen LogP contribution in [0.15, 0.2) is 24.3 Å². The number of rotatable bonds is 4. The Balaban J connectivity index is 2.15. The van der Waals surface area contributed by atoms with Crippen LogP contribution in [0.2, 0.25) is 0 Å². The summed E-state index contributed by atoms with van der Waals surface area (Å²) in [6, 6.07) is 5.20. The lowest BCUT2D eigenvalue weighted by molar-refractivity contribution is -0.152. The van der Waals surface area contributed by atoms with Crippen molar-refractivity contribution < 1.29 is 18.7 Å². The van der Waals surface area contributed by atoms with Crippen LogP contribution in [-0.4, -0.2) is 41.1 Å². The highest BCUT2D eigenvalue weighted by Gasteiger charge is 2.38. The maximum Gasteiger partial charge on any atom is 0.329 e. The Morgan fingerprint density at radius 1 is 1.52 bits per heavy atom. The van der Waals surface area contributed by atoms with E-state index in [0.29, 0.717) is 11.6 Å². The molecule has 1 fully saturated rings. The van der Waals surface area contributed by atoms with E-state index in [1.165, 1.54) is 34.9 Å². The monoisotopic (exact) mass is 331 g/mol. The second kappa shape index (κ2) is 7.13. The fourth-order valence-corrected chi connectivity index (χ4v) is 3.50. The van der Waals surface area contributed by atoms with Crippen molar-refractivity contribution in [3.8, 4) is 0 Å². The Labute approximate surface area is 131 Å². The molecule has 1 aliphatic heterocycles. The minimum atomic E-state index is -1.15. The molecule has 0 radical (unpaired) electrons. The zero-order valence-electron chi connectivity index (χ0n) is 11.4. The molecule has 4 nitrogen and oxygen atoms in total. The third-order valence-corrected chi connectivity index (χ3v) is 4.55.